The third kappa shape index (κ3) is 2.33. The highest BCUT2D eigenvalue weighted by Gasteiger charge is 1.93. The molecule has 1 N–H and O–H groups in total. The summed E-state index contributed by atoms with van der Waals surface area (Å²) in [5.74, 6) is 0. The molecule has 1 aromatic carbocycles. The summed E-state index contributed by atoms with van der Waals surface area (Å²) in [6.45, 7) is 0. The maximum absolute atomic E-state index is 4.03. The van der Waals surface area contributed by atoms with Crippen LogP contribution in [0.1, 0.15) is 0 Å². The normalized spacial score (nSPS) is 9.79. The first-order chi connectivity index (χ1) is 6.84. The molecule has 0 saturated carbocycles. The van der Waals surface area contributed by atoms with Gasteiger partial charge < -0.3 is 5.32 Å². The fraction of sp³-hybridized carbons (Fsp3) is 0. The molecule has 2 nitrogen and oxygen atoms in total. The first-order valence-electron chi connectivity index (χ1n) is 4.27. The zero-order chi connectivity index (χ0) is 9.80. The summed E-state index contributed by atoms with van der Waals surface area (Å²) < 4.78 is 1.06. The second-order valence-electron chi connectivity index (χ2n) is 2.88. The van der Waals surface area contributed by atoms with Crippen molar-refractivity contribution in [3.63, 3.8) is 0 Å². The lowest BCUT2D eigenvalue weighted by atomic mass is 10.3. The number of benzene rings is 1. The Labute approximate surface area is 91.1 Å². The van der Waals surface area contributed by atoms with E-state index in [0.717, 1.165) is 15.8 Å². The van der Waals surface area contributed by atoms with E-state index in [-0.39, 0.29) is 0 Å². The molecule has 0 aliphatic carbocycles. The topological polar surface area (TPSA) is 24.9 Å². The van der Waals surface area contributed by atoms with Crippen molar-refractivity contribution in [2.75, 3.05) is 5.32 Å². The lowest BCUT2D eigenvalue weighted by molar-refractivity contribution is 1.32. The predicted octanol–water partition coefficient (Wildman–Crippen LogP) is 3.59. The van der Waals surface area contributed by atoms with Crippen molar-refractivity contribution in [3.05, 3.63) is 53.3 Å². The van der Waals surface area contributed by atoms with Gasteiger partial charge in [0.15, 0.2) is 0 Å². The van der Waals surface area contributed by atoms with Gasteiger partial charge in [0.1, 0.15) is 0 Å². The SMILES string of the molecule is Brc1cccc(Nc2cccnc2)c1. The van der Waals surface area contributed by atoms with Crippen LogP contribution in [0.15, 0.2) is 53.3 Å². The molecule has 0 atom stereocenters. The van der Waals surface area contributed by atoms with Gasteiger partial charge in [-0.05, 0) is 30.3 Å². The Morgan fingerprint density at radius 2 is 1.93 bits per heavy atom. The van der Waals surface area contributed by atoms with Crippen LogP contribution >= 0.6 is 15.9 Å². The van der Waals surface area contributed by atoms with E-state index in [2.05, 4.69) is 26.2 Å². The zero-order valence-electron chi connectivity index (χ0n) is 7.44. The Balaban J connectivity index is 2.19. The third-order valence-electron chi connectivity index (χ3n) is 1.77. The van der Waals surface area contributed by atoms with Crippen molar-refractivity contribution in [1.82, 2.24) is 4.98 Å². The van der Waals surface area contributed by atoms with Gasteiger partial charge in [0, 0.05) is 16.4 Å². The lowest BCUT2D eigenvalue weighted by Gasteiger charge is -2.05. The van der Waals surface area contributed by atoms with Crippen LogP contribution < -0.4 is 5.32 Å². The highest BCUT2D eigenvalue weighted by atomic mass is 79.9. The van der Waals surface area contributed by atoms with Crippen LogP contribution in [0.2, 0.25) is 0 Å². The van der Waals surface area contributed by atoms with Crippen molar-refractivity contribution in [2.24, 2.45) is 0 Å². The highest BCUT2D eigenvalue weighted by molar-refractivity contribution is 9.10. The predicted molar refractivity (Wildman–Crippen MR) is 61.7 cm³/mol. The number of halogens is 1. The maximum atomic E-state index is 4.03. The van der Waals surface area contributed by atoms with Gasteiger partial charge in [0.2, 0.25) is 0 Å². The van der Waals surface area contributed by atoms with E-state index >= 15 is 0 Å². The molecule has 1 aromatic heterocycles. The summed E-state index contributed by atoms with van der Waals surface area (Å²) >= 11 is 3.42. The van der Waals surface area contributed by atoms with Crippen LogP contribution in [0, 0.1) is 0 Å². The molecule has 0 saturated heterocycles. The summed E-state index contributed by atoms with van der Waals surface area (Å²) in [5.41, 5.74) is 2.04. The van der Waals surface area contributed by atoms with Gasteiger partial charge in [0.25, 0.3) is 0 Å². The average Bonchev–Trinajstić information content (AvgIpc) is 2.19. The molecular weight excluding hydrogens is 240 g/mol. The molecule has 0 aliphatic heterocycles. The van der Waals surface area contributed by atoms with Gasteiger partial charge in [-0.3, -0.25) is 4.98 Å². The molecule has 1 heterocycles. The molecular formula is C11H9BrN2. The Hall–Kier alpha value is -1.35. The fourth-order valence-electron chi connectivity index (χ4n) is 1.17. The number of nitrogens with zero attached hydrogens (tertiary/aromatic N) is 1. The first kappa shape index (κ1) is 9.21. The van der Waals surface area contributed by atoms with Crippen molar-refractivity contribution < 1.29 is 0 Å². The Morgan fingerprint density at radius 1 is 1.07 bits per heavy atom. The summed E-state index contributed by atoms with van der Waals surface area (Å²) in [6.07, 6.45) is 3.55. The molecule has 14 heavy (non-hydrogen) atoms. The second kappa shape index (κ2) is 4.24. The van der Waals surface area contributed by atoms with Crippen molar-refractivity contribution in [1.29, 1.82) is 0 Å². The summed E-state index contributed by atoms with van der Waals surface area (Å²) in [7, 11) is 0. The van der Waals surface area contributed by atoms with Crippen LogP contribution in [-0.4, -0.2) is 4.98 Å². The smallest absolute Gasteiger partial charge is 0.0570 e. The van der Waals surface area contributed by atoms with E-state index in [0.29, 0.717) is 0 Å². The largest absolute Gasteiger partial charge is 0.354 e. The molecule has 0 amide bonds. The zero-order valence-corrected chi connectivity index (χ0v) is 9.03. The molecule has 0 unspecified atom stereocenters. The quantitative estimate of drug-likeness (QED) is 0.879. The summed E-state index contributed by atoms with van der Waals surface area (Å²) in [6, 6.07) is 11.9. The van der Waals surface area contributed by atoms with Gasteiger partial charge >= 0.3 is 0 Å². The molecule has 2 rings (SSSR count). The Bertz CT molecular complexity index is 415. The molecule has 0 fully saturated rings. The molecule has 0 spiro atoms. The number of nitrogens with one attached hydrogen (secondary N) is 1. The minimum atomic E-state index is 0.991. The van der Waals surface area contributed by atoms with E-state index in [1.54, 1.807) is 12.4 Å². The van der Waals surface area contributed by atoms with Crippen LogP contribution in [0.5, 0.6) is 0 Å². The molecule has 0 aliphatic rings. The van der Waals surface area contributed by atoms with Crippen LogP contribution in [0.4, 0.5) is 11.4 Å². The Morgan fingerprint density at radius 3 is 2.64 bits per heavy atom. The van der Waals surface area contributed by atoms with Crippen LogP contribution in [0.3, 0.4) is 0 Å². The van der Waals surface area contributed by atoms with E-state index in [1.807, 2.05) is 36.4 Å². The van der Waals surface area contributed by atoms with Crippen molar-refractivity contribution in [3.8, 4) is 0 Å². The summed E-state index contributed by atoms with van der Waals surface area (Å²) in [4.78, 5) is 4.03. The lowest BCUT2D eigenvalue weighted by Crippen LogP contribution is -1.89. The first-order valence-corrected chi connectivity index (χ1v) is 5.06. The number of rotatable bonds is 2. The Kier molecular flexibility index (Phi) is 2.79. The van der Waals surface area contributed by atoms with Gasteiger partial charge in [-0.15, -0.1) is 0 Å². The van der Waals surface area contributed by atoms with Gasteiger partial charge in [0.05, 0.1) is 11.9 Å². The molecule has 3 heteroatoms. The van der Waals surface area contributed by atoms with Crippen molar-refractivity contribution >= 4 is 27.3 Å². The van der Waals surface area contributed by atoms with Gasteiger partial charge in [-0.25, -0.2) is 0 Å². The standard InChI is InChI=1S/C11H9BrN2/c12-9-3-1-4-10(7-9)14-11-5-2-6-13-8-11/h1-8,14H. The minimum absolute atomic E-state index is 0.991. The minimum Gasteiger partial charge on any atom is -0.354 e. The monoisotopic (exact) mass is 248 g/mol. The van der Waals surface area contributed by atoms with Crippen LogP contribution in [0.25, 0.3) is 0 Å². The number of anilines is 2. The third-order valence-corrected chi connectivity index (χ3v) is 2.27. The van der Waals surface area contributed by atoms with Crippen molar-refractivity contribution in [2.45, 2.75) is 0 Å². The molecule has 2 aromatic rings. The average molecular weight is 249 g/mol. The van der Waals surface area contributed by atoms with E-state index in [9.17, 15) is 0 Å². The molecule has 0 radical (unpaired) electrons. The summed E-state index contributed by atoms with van der Waals surface area (Å²) in [5, 5.41) is 3.25. The molecule has 70 valence electrons. The molecule has 0 bridgehead atoms. The van der Waals surface area contributed by atoms with Gasteiger partial charge in [-0.1, -0.05) is 22.0 Å². The number of hydrogen-bond acceptors (Lipinski definition) is 2. The van der Waals surface area contributed by atoms with E-state index in [1.165, 1.54) is 0 Å². The second-order valence-corrected chi connectivity index (χ2v) is 3.79. The highest BCUT2D eigenvalue weighted by Crippen LogP contribution is 2.19. The van der Waals surface area contributed by atoms with Crippen LogP contribution in [-0.2, 0) is 0 Å². The van der Waals surface area contributed by atoms with E-state index < -0.39 is 0 Å². The maximum Gasteiger partial charge on any atom is 0.0570 e. The number of hydrogen-bond donors (Lipinski definition) is 1. The number of aromatic nitrogens is 1. The number of pyridine rings is 1. The van der Waals surface area contributed by atoms with Gasteiger partial charge in [-0.2, -0.15) is 0 Å². The van der Waals surface area contributed by atoms with E-state index in [4.69, 9.17) is 0 Å². The fourth-order valence-corrected chi connectivity index (χ4v) is 1.57.